The summed E-state index contributed by atoms with van der Waals surface area (Å²) in [6.45, 7) is 2.48. The second-order valence-corrected chi connectivity index (χ2v) is 8.98. The Kier molecular flexibility index (Phi) is 10.0. The number of hydrogen-bond acceptors (Lipinski definition) is 5. The molecule has 0 aromatic heterocycles. The average Bonchev–Trinajstić information content (AvgIpc) is 2.88. The first kappa shape index (κ1) is 26.9. The number of carbonyl (C=O) groups is 3. The number of fused-ring (bicyclic) bond motifs is 1. The van der Waals surface area contributed by atoms with Crippen LogP contribution in [0.4, 0.5) is 0 Å². The highest BCUT2D eigenvalue weighted by atomic mass is 16.5. The molecule has 0 aliphatic heterocycles. The van der Waals surface area contributed by atoms with Gasteiger partial charge in [0, 0.05) is 25.4 Å². The van der Waals surface area contributed by atoms with Crippen molar-refractivity contribution in [2.75, 3.05) is 6.54 Å². The second kappa shape index (κ2) is 13.4. The van der Waals surface area contributed by atoms with Crippen LogP contribution in [0.2, 0.25) is 0 Å². The van der Waals surface area contributed by atoms with Crippen molar-refractivity contribution < 1.29 is 19.1 Å². The molecular weight excluding hydrogens is 454 g/mol. The number of ether oxygens (including phenoxy) is 1. The molecule has 3 aromatic carbocycles. The van der Waals surface area contributed by atoms with Crippen LogP contribution in [0.15, 0.2) is 72.8 Å². The van der Waals surface area contributed by atoms with Gasteiger partial charge in [0.2, 0.25) is 11.8 Å². The number of hydrogen-bond donors (Lipinski definition) is 2. The topological polar surface area (TPSA) is 116 Å². The first-order valence-corrected chi connectivity index (χ1v) is 12.4. The van der Waals surface area contributed by atoms with E-state index >= 15 is 0 Å². The maximum Gasteiger partial charge on any atom is 0.306 e. The van der Waals surface area contributed by atoms with Crippen LogP contribution < -0.4 is 11.5 Å². The number of carbonyl (C=O) groups excluding carboxylic acids is 3. The van der Waals surface area contributed by atoms with Crippen molar-refractivity contribution in [3.8, 4) is 0 Å². The largest absolute Gasteiger partial charge is 0.461 e. The van der Waals surface area contributed by atoms with Crippen molar-refractivity contribution in [2.45, 2.75) is 57.7 Å². The molecule has 0 aliphatic carbocycles. The third kappa shape index (κ3) is 7.92. The number of esters is 1. The zero-order valence-electron chi connectivity index (χ0n) is 20.8. The van der Waals surface area contributed by atoms with E-state index in [-0.39, 0.29) is 31.3 Å². The molecule has 2 atom stereocenters. The van der Waals surface area contributed by atoms with Gasteiger partial charge in [-0.2, -0.15) is 0 Å². The summed E-state index contributed by atoms with van der Waals surface area (Å²) >= 11 is 0. The maximum atomic E-state index is 13.2. The summed E-state index contributed by atoms with van der Waals surface area (Å²) in [5, 5.41) is 2.22. The van der Waals surface area contributed by atoms with Crippen LogP contribution in [-0.4, -0.2) is 41.3 Å². The van der Waals surface area contributed by atoms with Crippen molar-refractivity contribution in [3.63, 3.8) is 0 Å². The smallest absolute Gasteiger partial charge is 0.306 e. The van der Waals surface area contributed by atoms with Crippen LogP contribution in [0.5, 0.6) is 0 Å². The Labute approximate surface area is 212 Å². The number of primary amides is 1. The summed E-state index contributed by atoms with van der Waals surface area (Å²) in [4.78, 5) is 38.8. The zero-order valence-corrected chi connectivity index (χ0v) is 20.8. The Bertz CT molecular complexity index is 1170. The van der Waals surface area contributed by atoms with E-state index in [2.05, 4.69) is 6.07 Å². The Balaban J connectivity index is 1.56. The minimum atomic E-state index is -0.779. The van der Waals surface area contributed by atoms with E-state index in [1.54, 1.807) is 4.90 Å². The maximum absolute atomic E-state index is 13.2. The lowest BCUT2D eigenvalue weighted by Gasteiger charge is -2.32. The predicted octanol–water partition coefficient (Wildman–Crippen LogP) is 3.72. The molecule has 36 heavy (non-hydrogen) atoms. The lowest BCUT2D eigenvalue weighted by molar-refractivity contribution is -0.145. The van der Waals surface area contributed by atoms with Gasteiger partial charge in [0.25, 0.3) is 0 Å². The molecule has 0 heterocycles. The fraction of sp³-hybridized carbons (Fsp3) is 0.345. The average molecular weight is 490 g/mol. The van der Waals surface area contributed by atoms with Crippen LogP contribution in [0.3, 0.4) is 0 Å². The zero-order chi connectivity index (χ0) is 25.9. The quantitative estimate of drug-likeness (QED) is 0.355. The molecule has 0 aliphatic rings. The molecule has 2 amide bonds. The van der Waals surface area contributed by atoms with Gasteiger partial charge in [0.15, 0.2) is 0 Å². The van der Waals surface area contributed by atoms with Gasteiger partial charge in [-0.25, -0.2) is 0 Å². The number of likely N-dealkylation sites (N-methyl/N-ethyl adjacent to an activating group) is 1. The van der Waals surface area contributed by atoms with Gasteiger partial charge in [0.05, 0.1) is 6.04 Å². The van der Waals surface area contributed by atoms with Gasteiger partial charge in [-0.3, -0.25) is 14.4 Å². The van der Waals surface area contributed by atoms with Crippen molar-refractivity contribution in [3.05, 3.63) is 83.9 Å². The third-order valence-electron chi connectivity index (χ3n) is 6.24. The first-order chi connectivity index (χ1) is 17.4. The van der Waals surface area contributed by atoms with Crippen LogP contribution in [0.1, 0.15) is 43.7 Å². The molecule has 0 bridgehead atoms. The van der Waals surface area contributed by atoms with E-state index in [1.165, 1.54) is 0 Å². The standard InChI is InChI=1S/C29H35N3O4/c1-2-32(25(19-27(31)33)18-22-15-16-23-11-6-7-12-24(23)17-22)29(35)26(30)13-8-14-28(34)36-20-21-9-4-3-5-10-21/h3-7,9-12,15-17,25-26H,2,8,13-14,18-20,30H2,1H3,(H2,31,33)/t25-,26-/m0/s1. The summed E-state index contributed by atoms with van der Waals surface area (Å²) < 4.78 is 5.29. The molecule has 0 fully saturated rings. The summed E-state index contributed by atoms with van der Waals surface area (Å²) in [5.74, 6) is -1.04. The number of amides is 2. The Morgan fingerprint density at radius 1 is 0.917 bits per heavy atom. The third-order valence-corrected chi connectivity index (χ3v) is 6.24. The highest BCUT2D eigenvalue weighted by Gasteiger charge is 2.28. The summed E-state index contributed by atoms with van der Waals surface area (Å²) in [5.41, 5.74) is 13.7. The van der Waals surface area contributed by atoms with Gasteiger partial charge in [-0.15, -0.1) is 0 Å². The Morgan fingerprint density at radius 2 is 1.61 bits per heavy atom. The lowest BCUT2D eigenvalue weighted by atomic mass is 9.97. The molecule has 0 saturated carbocycles. The molecule has 0 radical (unpaired) electrons. The lowest BCUT2D eigenvalue weighted by Crippen LogP contribution is -2.50. The number of benzene rings is 3. The Morgan fingerprint density at radius 3 is 2.31 bits per heavy atom. The minimum Gasteiger partial charge on any atom is -0.461 e. The number of nitrogens with two attached hydrogens (primary N) is 2. The van der Waals surface area contributed by atoms with E-state index in [4.69, 9.17) is 16.2 Å². The second-order valence-electron chi connectivity index (χ2n) is 8.98. The molecule has 0 spiro atoms. The van der Waals surface area contributed by atoms with E-state index in [1.807, 2.05) is 73.7 Å². The van der Waals surface area contributed by atoms with Gasteiger partial charge >= 0.3 is 5.97 Å². The highest BCUT2D eigenvalue weighted by Crippen LogP contribution is 2.20. The molecule has 4 N–H and O–H groups in total. The molecule has 190 valence electrons. The van der Waals surface area contributed by atoms with Crippen LogP contribution in [0, 0.1) is 0 Å². The van der Waals surface area contributed by atoms with Crippen molar-refractivity contribution >= 4 is 28.6 Å². The Hall–Kier alpha value is -3.71. The highest BCUT2D eigenvalue weighted by molar-refractivity contribution is 5.84. The monoisotopic (exact) mass is 489 g/mol. The fourth-order valence-corrected chi connectivity index (χ4v) is 4.37. The van der Waals surface area contributed by atoms with E-state index < -0.39 is 18.0 Å². The SMILES string of the molecule is CCN(C(=O)[C@@H](N)CCCC(=O)OCc1ccccc1)[C@H](CC(N)=O)Cc1ccc2ccccc2c1. The first-order valence-electron chi connectivity index (χ1n) is 12.4. The molecule has 3 aromatic rings. The summed E-state index contributed by atoms with van der Waals surface area (Å²) in [6, 6.07) is 22.4. The van der Waals surface area contributed by atoms with Gasteiger partial charge < -0.3 is 21.1 Å². The van der Waals surface area contributed by atoms with E-state index in [9.17, 15) is 14.4 Å². The van der Waals surface area contributed by atoms with E-state index in [0.29, 0.717) is 25.8 Å². The predicted molar refractivity (Wildman–Crippen MR) is 141 cm³/mol. The van der Waals surface area contributed by atoms with Crippen molar-refractivity contribution in [1.29, 1.82) is 0 Å². The van der Waals surface area contributed by atoms with Crippen LogP contribution in [0.25, 0.3) is 10.8 Å². The summed E-state index contributed by atoms with van der Waals surface area (Å²) in [6.07, 6.45) is 1.50. The molecule has 3 rings (SSSR count). The number of nitrogens with zero attached hydrogens (tertiary/aromatic N) is 1. The van der Waals surface area contributed by atoms with Gasteiger partial charge in [-0.05, 0) is 48.1 Å². The number of rotatable bonds is 13. The molecule has 0 saturated heterocycles. The fourth-order valence-electron chi connectivity index (χ4n) is 4.37. The molecule has 7 heteroatoms. The van der Waals surface area contributed by atoms with Gasteiger partial charge in [-0.1, -0.05) is 72.8 Å². The summed E-state index contributed by atoms with van der Waals surface area (Å²) in [7, 11) is 0. The van der Waals surface area contributed by atoms with Crippen LogP contribution >= 0.6 is 0 Å². The normalized spacial score (nSPS) is 12.6. The van der Waals surface area contributed by atoms with Crippen LogP contribution in [-0.2, 0) is 32.1 Å². The molecule has 0 unspecified atom stereocenters. The molecular formula is C29H35N3O4. The van der Waals surface area contributed by atoms with Gasteiger partial charge in [0.1, 0.15) is 6.61 Å². The van der Waals surface area contributed by atoms with Crippen molar-refractivity contribution in [2.24, 2.45) is 11.5 Å². The minimum absolute atomic E-state index is 0.0466. The van der Waals surface area contributed by atoms with Crippen molar-refractivity contribution in [1.82, 2.24) is 4.90 Å². The molecule has 7 nitrogen and oxygen atoms in total. The van der Waals surface area contributed by atoms with E-state index in [0.717, 1.165) is 21.9 Å².